The minimum absolute atomic E-state index is 0.136. The highest BCUT2D eigenvalue weighted by molar-refractivity contribution is 8.77. The lowest BCUT2D eigenvalue weighted by Gasteiger charge is -2.26. The molecule has 0 heterocycles. The first-order chi connectivity index (χ1) is 6.04. The monoisotopic (exact) mass is 246 g/mol. The zero-order chi connectivity index (χ0) is 11.6. The lowest BCUT2D eigenvalue weighted by Crippen LogP contribution is -2.30. The van der Waals surface area contributed by atoms with Gasteiger partial charge in [0.2, 0.25) is 0 Å². The van der Waals surface area contributed by atoms with Crippen LogP contribution in [0.1, 0.15) is 34.6 Å². The van der Waals surface area contributed by atoms with Crippen LogP contribution in [0.4, 0.5) is 13.2 Å². The molecule has 0 spiro atoms. The quantitative estimate of drug-likeness (QED) is 0.659. The first kappa shape index (κ1) is 14.5. The van der Waals surface area contributed by atoms with Gasteiger partial charge in [-0.3, -0.25) is 0 Å². The lowest BCUT2D eigenvalue weighted by atomic mass is 10.1. The molecule has 5 heteroatoms. The first-order valence-electron chi connectivity index (χ1n) is 4.45. The third kappa shape index (κ3) is 6.06. The molecule has 0 rings (SSSR count). The molecule has 0 fully saturated rings. The minimum atomic E-state index is -4.10. The zero-order valence-electron chi connectivity index (χ0n) is 9.11. The SMILES string of the molecule is CC(C)C(SSC(C)(C)C)C(F)(F)F. The molecule has 14 heavy (non-hydrogen) atoms. The molecule has 0 aliphatic rings. The Morgan fingerprint density at radius 3 is 1.64 bits per heavy atom. The normalized spacial score (nSPS) is 16.1. The smallest absolute Gasteiger partial charge is 0.170 e. The molecule has 0 amide bonds. The van der Waals surface area contributed by atoms with Crippen molar-refractivity contribution in [3.05, 3.63) is 0 Å². The number of rotatable bonds is 3. The summed E-state index contributed by atoms with van der Waals surface area (Å²) in [6, 6.07) is 0. The van der Waals surface area contributed by atoms with Crippen molar-refractivity contribution in [2.75, 3.05) is 0 Å². The number of hydrogen-bond acceptors (Lipinski definition) is 2. The third-order valence-corrected chi connectivity index (χ3v) is 5.36. The Morgan fingerprint density at radius 2 is 1.43 bits per heavy atom. The summed E-state index contributed by atoms with van der Waals surface area (Å²) in [5, 5.41) is -1.27. The fourth-order valence-corrected chi connectivity index (χ4v) is 3.63. The van der Waals surface area contributed by atoms with Gasteiger partial charge in [-0.05, 0) is 5.92 Å². The molecule has 1 unspecified atom stereocenters. The Labute approximate surface area is 91.8 Å². The molecule has 0 bridgehead atoms. The van der Waals surface area contributed by atoms with Crippen molar-refractivity contribution in [2.45, 2.75) is 50.8 Å². The third-order valence-electron chi connectivity index (χ3n) is 1.33. The van der Waals surface area contributed by atoms with Crippen molar-refractivity contribution in [2.24, 2.45) is 5.92 Å². The van der Waals surface area contributed by atoms with E-state index in [9.17, 15) is 13.2 Å². The van der Waals surface area contributed by atoms with Crippen molar-refractivity contribution in [1.82, 2.24) is 0 Å². The van der Waals surface area contributed by atoms with Gasteiger partial charge < -0.3 is 0 Å². The molecule has 0 aliphatic carbocycles. The van der Waals surface area contributed by atoms with Crippen LogP contribution in [0.3, 0.4) is 0 Å². The van der Waals surface area contributed by atoms with E-state index in [2.05, 4.69) is 0 Å². The summed E-state index contributed by atoms with van der Waals surface area (Å²) in [4.78, 5) is 0. The van der Waals surface area contributed by atoms with Crippen LogP contribution in [0, 0.1) is 5.92 Å². The van der Waals surface area contributed by atoms with E-state index in [1.807, 2.05) is 20.8 Å². The van der Waals surface area contributed by atoms with Crippen LogP contribution in [0.2, 0.25) is 0 Å². The maximum absolute atomic E-state index is 12.5. The van der Waals surface area contributed by atoms with Gasteiger partial charge in [0.25, 0.3) is 0 Å². The first-order valence-corrected chi connectivity index (χ1v) is 6.66. The molecule has 0 aromatic heterocycles. The van der Waals surface area contributed by atoms with Gasteiger partial charge in [-0.15, -0.1) is 0 Å². The molecule has 1 atom stereocenters. The standard InChI is InChI=1S/C9H17F3S2/c1-6(2)7(9(10,11)12)13-14-8(3,4)5/h6-7H,1-5H3. The minimum Gasteiger partial charge on any atom is -0.170 e. The highest BCUT2D eigenvalue weighted by Crippen LogP contribution is 2.46. The maximum atomic E-state index is 12.5. The fourth-order valence-electron chi connectivity index (χ4n) is 0.740. The van der Waals surface area contributed by atoms with E-state index in [1.54, 1.807) is 13.8 Å². The average Bonchev–Trinajstić information content (AvgIpc) is 1.79. The Morgan fingerprint density at radius 1 is 1.00 bits per heavy atom. The second-order valence-electron chi connectivity index (χ2n) is 4.50. The summed E-state index contributed by atoms with van der Waals surface area (Å²) in [6.45, 7) is 8.96. The van der Waals surface area contributed by atoms with E-state index >= 15 is 0 Å². The van der Waals surface area contributed by atoms with Crippen molar-refractivity contribution in [3.8, 4) is 0 Å². The van der Waals surface area contributed by atoms with Crippen molar-refractivity contribution < 1.29 is 13.2 Å². The highest BCUT2D eigenvalue weighted by Gasteiger charge is 2.42. The average molecular weight is 246 g/mol. The van der Waals surface area contributed by atoms with Gasteiger partial charge in [0.15, 0.2) is 0 Å². The Bertz CT molecular complexity index is 170. The fraction of sp³-hybridized carbons (Fsp3) is 1.00. The molecule has 86 valence electrons. The van der Waals surface area contributed by atoms with E-state index in [-0.39, 0.29) is 10.7 Å². The molecule has 0 saturated carbocycles. The van der Waals surface area contributed by atoms with Gasteiger partial charge >= 0.3 is 6.18 Å². The summed E-state index contributed by atoms with van der Waals surface area (Å²) in [5.74, 6) is -0.380. The Kier molecular flexibility index (Phi) is 5.19. The zero-order valence-corrected chi connectivity index (χ0v) is 10.7. The molecule has 0 N–H and O–H groups in total. The van der Waals surface area contributed by atoms with Crippen LogP contribution in [-0.4, -0.2) is 16.2 Å². The van der Waals surface area contributed by atoms with Crippen LogP contribution >= 0.6 is 21.6 Å². The summed E-state index contributed by atoms with van der Waals surface area (Å²) in [6.07, 6.45) is -4.10. The van der Waals surface area contributed by atoms with Crippen LogP contribution in [-0.2, 0) is 0 Å². The van der Waals surface area contributed by atoms with E-state index in [0.717, 1.165) is 10.8 Å². The van der Waals surface area contributed by atoms with Gasteiger partial charge in [0, 0.05) is 4.75 Å². The van der Waals surface area contributed by atoms with Crippen molar-refractivity contribution in [3.63, 3.8) is 0 Å². The second kappa shape index (κ2) is 5.01. The summed E-state index contributed by atoms with van der Waals surface area (Å²) < 4.78 is 37.4. The predicted octanol–water partition coefficient (Wildman–Crippen LogP) is 4.75. The van der Waals surface area contributed by atoms with Gasteiger partial charge in [-0.1, -0.05) is 56.2 Å². The van der Waals surface area contributed by atoms with E-state index in [4.69, 9.17) is 0 Å². The van der Waals surface area contributed by atoms with Gasteiger partial charge in [0.1, 0.15) is 5.25 Å². The second-order valence-corrected chi connectivity index (χ2v) is 7.67. The number of hydrogen-bond donors (Lipinski definition) is 0. The summed E-state index contributed by atoms with van der Waals surface area (Å²) in [7, 11) is 2.23. The van der Waals surface area contributed by atoms with Crippen LogP contribution in [0.15, 0.2) is 0 Å². The highest BCUT2D eigenvalue weighted by atomic mass is 33.1. The number of halogens is 3. The summed E-state index contributed by atoms with van der Waals surface area (Å²) >= 11 is 0. The van der Waals surface area contributed by atoms with E-state index in [0.29, 0.717) is 0 Å². The molecule has 0 nitrogen and oxygen atoms in total. The molecular weight excluding hydrogens is 229 g/mol. The molecule has 0 radical (unpaired) electrons. The molecule has 0 aliphatic heterocycles. The van der Waals surface area contributed by atoms with Crippen molar-refractivity contribution >= 4 is 21.6 Å². The molecule has 0 aromatic rings. The maximum Gasteiger partial charge on any atom is 0.401 e. The van der Waals surface area contributed by atoms with Crippen LogP contribution < -0.4 is 0 Å². The van der Waals surface area contributed by atoms with Gasteiger partial charge in [0.05, 0.1) is 0 Å². The number of alkyl halides is 3. The predicted molar refractivity (Wildman–Crippen MR) is 59.6 cm³/mol. The lowest BCUT2D eigenvalue weighted by molar-refractivity contribution is -0.135. The van der Waals surface area contributed by atoms with Crippen LogP contribution in [0.5, 0.6) is 0 Å². The Balaban J connectivity index is 4.27. The van der Waals surface area contributed by atoms with Gasteiger partial charge in [-0.2, -0.15) is 13.2 Å². The van der Waals surface area contributed by atoms with Crippen molar-refractivity contribution in [1.29, 1.82) is 0 Å². The molecule has 0 aromatic carbocycles. The molecule has 0 saturated heterocycles. The molecular formula is C9H17F3S2. The van der Waals surface area contributed by atoms with Gasteiger partial charge in [-0.25, -0.2) is 0 Å². The van der Waals surface area contributed by atoms with E-state index in [1.165, 1.54) is 10.8 Å². The Hall–Kier alpha value is 0.490. The largest absolute Gasteiger partial charge is 0.401 e. The topological polar surface area (TPSA) is 0 Å². The summed E-state index contributed by atoms with van der Waals surface area (Å²) in [5.41, 5.74) is 0. The van der Waals surface area contributed by atoms with Crippen LogP contribution in [0.25, 0.3) is 0 Å². The van der Waals surface area contributed by atoms with E-state index < -0.39 is 11.4 Å².